The first-order valence-electron chi connectivity index (χ1n) is 2.87. The Kier molecular flexibility index (Phi) is 1.60. The van der Waals surface area contributed by atoms with E-state index in [-0.39, 0.29) is 0 Å². The Morgan fingerprint density at radius 2 is 1.33 bits per heavy atom. The fourth-order valence-electron chi connectivity index (χ4n) is 0. The Morgan fingerprint density at radius 3 is 1.33 bits per heavy atom. The van der Waals surface area contributed by atoms with Crippen molar-refractivity contribution >= 4 is 9.35 Å². The Hall–Kier alpha value is 0.110. The van der Waals surface area contributed by atoms with Crippen molar-refractivity contribution in [2.75, 3.05) is 12.5 Å². The summed E-state index contributed by atoms with van der Waals surface area (Å²) in [5, 5.41) is 0. The molecule has 0 aromatic carbocycles. The highest BCUT2D eigenvalue weighted by Crippen LogP contribution is 2.29. The Labute approximate surface area is 56.9 Å². The summed E-state index contributed by atoms with van der Waals surface area (Å²) in [4.78, 5) is 0. The zero-order chi connectivity index (χ0) is 7.95. The van der Waals surface area contributed by atoms with Gasteiger partial charge in [-0.2, -0.15) is 9.35 Å². The molecule has 0 heterocycles. The summed E-state index contributed by atoms with van der Waals surface area (Å²) < 4.78 is 20.2. The number of rotatable bonds is 0. The molecule has 58 valence electrons. The maximum atomic E-state index is 11.4. The summed E-state index contributed by atoms with van der Waals surface area (Å²) in [6.45, 7) is 5.30. The summed E-state index contributed by atoms with van der Waals surface area (Å²) in [6.07, 6.45) is 2.80. The van der Waals surface area contributed by atoms with Crippen LogP contribution in [-0.2, 0) is 9.35 Å². The van der Waals surface area contributed by atoms with Gasteiger partial charge in [0.15, 0.2) is 0 Å². The highest BCUT2D eigenvalue weighted by atomic mass is 32.3. The number of hydrogen-bond acceptors (Lipinski definition) is 1. The molecule has 0 amide bonds. The molecule has 0 aromatic rings. The monoisotopic (exact) mass is 152 g/mol. The minimum absolute atomic E-state index is 0.517. The molecule has 0 aromatic heterocycles. The fraction of sp³-hybridized carbons (Fsp3) is 1.00. The molecular weight excluding hydrogens is 136 g/mol. The van der Waals surface area contributed by atoms with Gasteiger partial charge >= 0.3 is 0 Å². The van der Waals surface area contributed by atoms with E-state index in [0.717, 1.165) is 0 Å². The van der Waals surface area contributed by atoms with Crippen LogP contribution in [0.2, 0.25) is 0 Å². The highest BCUT2D eigenvalue weighted by molar-refractivity contribution is 8.15. The molecule has 0 saturated heterocycles. The average Bonchev–Trinajstić information content (AvgIpc) is 1.20. The molecule has 0 aliphatic carbocycles. The SMILES string of the molecule is CC(C)(C)S(C)(C)(=O)O. The Balaban J connectivity index is 4.80. The average molecular weight is 152 g/mol. The minimum atomic E-state index is -3.33. The molecule has 0 aliphatic heterocycles. The van der Waals surface area contributed by atoms with Gasteiger partial charge in [0.2, 0.25) is 0 Å². The van der Waals surface area contributed by atoms with Gasteiger partial charge in [-0.1, -0.05) is 0 Å². The molecule has 0 radical (unpaired) electrons. The largest absolute Gasteiger partial charge is 0.303 e. The summed E-state index contributed by atoms with van der Waals surface area (Å²) in [5.41, 5.74) is 0. The zero-order valence-electron chi connectivity index (χ0n) is 6.76. The summed E-state index contributed by atoms with van der Waals surface area (Å²) in [7, 11) is -3.33. The van der Waals surface area contributed by atoms with Crippen LogP contribution < -0.4 is 0 Å². The number of hydrogen-bond donors (Lipinski definition) is 1. The van der Waals surface area contributed by atoms with Crippen LogP contribution in [0.15, 0.2) is 0 Å². The van der Waals surface area contributed by atoms with Gasteiger partial charge in [0.1, 0.15) is 0 Å². The molecule has 0 spiro atoms. The predicted molar refractivity (Wildman–Crippen MR) is 42.4 cm³/mol. The van der Waals surface area contributed by atoms with Crippen LogP contribution in [0.3, 0.4) is 0 Å². The van der Waals surface area contributed by atoms with Crippen molar-refractivity contribution in [3.05, 3.63) is 0 Å². The summed E-state index contributed by atoms with van der Waals surface area (Å²) in [6, 6.07) is 0. The van der Waals surface area contributed by atoms with Crippen molar-refractivity contribution in [2.45, 2.75) is 25.5 Å². The van der Waals surface area contributed by atoms with E-state index in [4.69, 9.17) is 0 Å². The molecule has 0 bridgehead atoms. The van der Waals surface area contributed by atoms with Crippen molar-refractivity contribution in [3.8, 4) is 0 Å². The molecule has 3 heteroatoms. The van der Waals surface area contributed by atoms with Gasteiger partial charge in [-0.05, 0) is 20.8 Å². The first-order valence-corrected chi connectivity index (χ1v) is 5.61. The lowest BCUT2D eigenvalue weighted by Gasteiger charge is -2.46. The first-order chi connectivity index (χ1) is 3.51. The fourth-order valence-corrected chi connectivity index (χ4v) is 0. The van der Waals surface area contributed by atoms with Gasteiger partial charge in [0, 0.05) is 17.3 Å². The summed E-state index contributed by atoms with van der Waals surface area (Å²) in [5.74, 6) is 0. The van der Waals surface area contributed by atoms with E-state index in [1.165, 1.54) is 12.5 Å². The molecule has 0 fully saturated rings. The maximum absolute atomic E-state index is 11.4. The first kappa shape index (κ1) is 9.11. The van der Waals surface area contributed by atoms with Gasteiger partial charge in [-0.3, -0.25) is 0 Å². The molecule has 0 unspecified atom stereocenters. The van der Waals surface area contributed by atoms with Gasteiger partial charge in [0.25, 0.3) is 0 Å². The molecule has 2 nitrogen and oxygen atoms in total. The Bertz CT molecular complexity index is 159. The minimum Gasteiger partial charge on any atom is -0.303 e. The second kappa shape index (κ2) is 1.58. The normalized spacial score (nSPS) is 18.7. The van der Waals surface area contributed by atoms with Crippen molar-refractivity contribution < 1.29 is 8.76 Å². The van der Waals surface area contributed by atoms with Crippen LogP contribution >= 0.6 is 0 Å². The van der Waals surface area contributed by atoms with E-state index >= 15 is 0 Å². The van der Waals surface area contributed by atoms with Crippen LogP contribution in [0.4, 0.5) is 0 Å². The maximum Gasteiger partial charge on any atom is 0.0472 e. The van der Waals surface area contributed by atoms with E-state index in [1.54, 1.807) is 20.8 Å². The molecular formula is C6H16O2S. The highest BCUT2D eigenvalue weighted by Gasteiger charge is 2.31. The third kappa shape index (κ3) is 2.06. The van der Waals surface area contributed by atoms with E-state index in [0.29, 0.717) is 0 Å². The van der Waals surface area contributed by atoms with Gasteiger partial charge in [-0.15, -0.1) is 0 Å². The third-order valence-corrected chi connectivity index (χ3v) is 5.25. The van der Waals surface area contributed by atoms with Crippen molar-refractivity contribution in [3.63, 3.8) is 0 Å². The van der Waals surface area contributed by atoms with E-state index in [9.17, 15) is 8.76 Å². The van der Waals surface area contributed by atoms with Crippen molar-refractivity contribution in [2.24, 2.45) is 0 Å². The molecule has 0 atom stereocenters. The quantitative estimate of drug-likeness (QED) is 0.568. The second-order valence-electron chi connectivity index (χ2n) is 3.88. The van der Waals surface area contributed by atoms with Crippen LogP contribution in [0, 0.1) is 0 Å². The zero-order valence-corrected chi connectivity index (χ0v) is 7.58. The lowest BCUT2D eigenvalue weighted by Crippen LogP contribution is -2.47. The smallest absolute Gasteiger partial charge is 0.0472 e. The van der Waals surface area contributed by atoms with Crippen molar-refractivity contribution in [1.82, 2.24) is 0 Å². The Morgan fingerprint density at radius 1 is 1.22 bits per heavy atom. The van der Waals surface area contributed by atoms with E-state index < -0.39 is 14.1 Å². The van der Waals surface area contributed by atoms with E-state index in [2.05, 4.69) is 0 Å². The standard InChI is InChI=1S/C6H16O2S/c1-6(2,3)9(4,5,7)8/h1-5H3,(H,7,8). The molecule has 0 rings (SSSR count). The van der Waals surface area contributed by atoms with E-state index in [1.807, 2.05) is 0 Å². The van der Waals surface area contributed by atoms with Gasteiger partial charge in [0.05, 0.1) is 0 Å². The van der Waals surface area contributed by atoms with Gasteiger partial charge in [-0.25, -0.2) is 4.21 Å². The molecule has 1 N–H and O–H groups in total. The topological polar surface area (TPSA) is 37.3 Å². The molecule has 0 aliphatic rings. The molecule has 0 saturated carbocycles. The predicted octanol–water partition coefficient (Wildman–Crippen LogP) is 1.34. The molecule has 9 heavy (non-hydrogen) atoms. The lowest BCUT2D eigenvalue weighted by molar-refractivity contribution is 0.487. The van der Waals surface area contributed by atoms with Crippen LogP contribution in [0.1, 0.15) is 20.8 Å². The lowest BCUT2D eigenvalue weighted by atomic mass is 10.3. The van der Waals surface area contributed by atoms with Crippen LogP contribution in [0.5, 0.6) is 0 Å². The van der Waals surface area contributed by atoms with Crippen LogP contribution in [-0.4, -0.2) is 26.0 Å². The van der Waals surface area contributed by atoms with Crippen LogP contribution in [0.25, 0.3) is 0 Å². The summed E-state index contributed by atoms with van der Waals surface area (Å²) >= 11 is 0. The van der Waals surface area contributed by atoms with Gasteiger partial charge < -0.3 is 4.55 Å². The third-order valence-electron chi connectivity index (χ3n) is 1.75. The van der Waals surface area contributed by atoms with Crippen molar-refractivity contribution in [1.29, 1.82) is 0 Å². The second-order valence-corrected chi connectivity index (χ2v) is 8.63.